The molecule has 0 saturated heterocycles. The van der Waals surface area contributed by atoms with E-state index < -0.39 is 10.2 Å². The third-order valence-corrected chi connectivity index (χ3v) is 5.86. The first-order valence-electron chi connectivity index (χ1n) is 8.68. The third kappa shape index (κ3) is 4.43. The second kappa shape index (κ2) is 7.87. The van der Waals surface area contributed by atoms with Gasteiger partial charge in [-0.25, -0.2) is 0 Å². The molecule has 0 saturated carbocycles. The van der Waals surface area contributed by atoms with Crippen LogP contribution in [0.3, 0.4) is 0 Å². The van der Waals surface area contributed by atoms with Crippen LogP contribution in [-0.2, 0) is 10.2 Å². The van der Waals surface area contributed by atoms with E-state index in [0.29, 0.717) is 12.2 Å². The van der Waals surface area contributed by atoms with E-state index >= 15 is 0 Å². The molecule has 3 N–H and O–H groups in total. The fraction of sp³-hybridized carbons (Fsp3) is 0.353. The summed E-state index contributed by atoms with van der Waals surface area (Å²) in [5.74, 6) is 0.630. The lowest BCUT2D eigenvalue weighted by molar-refractivity contribution is 0.0829. The minimum atomic E-state index is -4.06. The van der Waals surface area contributed by atoms with Gasteiger partial charge in [0.25, 0.3) is 5.91 Å². The number of rotatable bonds is 5. The normalized spacial score (nSPS) is 16.1. The Kier molecular flexibility index (Phi) is 5.66. The molecule has 0 fully saturated rings. The van der Waals surface area contributed by atoms with Gasteiger partial charge >= 0.3 is 10.2 Å². The molecular weight excluding hydrogens is 418 g/mol. The molecule has 0 bridgehead atoms. The van der Waals surface area contributed by atoms with Gasteiger partial charge in [0.1, 0.15) is 16.4 Å². The van der Waals surface area contributed by atoms with Crippen molar-refractivity contribution in [1.82, 2.24) is 10.2 Å². The number of carbonyl (C=O) groups is 1. The van der Waals surface area contributed by atoms with Crippen LogP contribution in [0.2, 0.25) is 0 Å². The van der Waals surface area contributed by atoms with Crippen molar-refractivity contribution in [2.45, 2.75) is 26.3 Å². The molecule has 2 aromatic rings. The van der Waals surface area contributed by atoms with Crippen LogP contribution in [0.5, 0.6) is 5.75 Å². The SMILES string of the molecule is CC[C@@H](NC1=NS(=O)(=O)N=C1Nc1csc(C(=O)N(C)C)c1O)c1ccc(C)o1. The summed E-state index contributed by atoms with van der Waals surface area (Å²) in [4.78, 5) is 13.6. The van der Waals surface area contributed by atoms with Gasteiger partial charge in [-0.15, -0.1) is 20.1 Å². The quantitative estimate of drug-likeness (QED) is 0.650. The van der Waals surface area contributed by atoms with Crippen LogP contribution in [0.1, 0.15) is 40.6 Å². The number of aromatic hydroxyl groups is 1. The predicted octanol–water partition coefficient (Wildman–Crippen LogP) is 2.27. The van der Waals surface area contributed by atoms with Crippen LogP contribution in [-0.4, -0.2) is 50.1 Å². The highest BCUT2D eigenvalue weighted by atomic mass is 32.2. The molecule has 29 heavy (non-hydrogen) atoms. The zero-order chi connectivity index (χ0) is 21.3. The molecule has 156 valence electrons. The Bertz CT molecular complexity index is 1100. The van der Waals surface area contributed by atoms with E-state index in [9.17, 15) is 18.3 Å². The van der Waals surface area contributed by atoms with E-state index in [1.807, 2.05) is 19.9 Å². The van der Waals surface area contributed by atoms with E-state index in [4.69, 9.17) is 4.42 Å². The molecular formula is C17H21N5O5S2. The van der Waals surface area contributed by atoms with Crippen LogP contribution in [0.15, 0.2) is 30.7 Å². The largest absolute Gasteiger partial charge is 0.504 e. The first-order chi connectivity index (χ1) is 13.6. The Labute approximate surface area is 172 Å². The first-order valence-corrected chi connectivity index (χ1v) is 11.0. The molecule has 10 nitrogen and oxygen atoms in total. The van der Waals surface area contributed by atoms with Crippen molar-refractivity contribution in [3.8, 4) is 5.75 Å². The predicted molar refractivity (Wildman–Crippen MR) is 111 cm³/mol. The van der Waals surface area contributed by atoms with Crippen molar-refractivity contribution in [3.63, 3.8) is 0 Å². The topological polar surface area (TPSA) is 137 Å². The Hall–Kier alpha value is -2.86. The minimum Gasteiger partial charge on any atom is -0.504 e. The van der Waals surface area contributed by atoms with Crippen LogP contribution in [0, 0.1) is 6.92 Å². The lowest BCUT2D eigenvalue weighted by Crippen LogP contribution is -2.36. The fourth-order valence-electron chi connectivity index (χ4n) is 2.62. The summed E-state index contributed by atoms with van der Waals surface area (Å²) >= 11 is 1.03. The molecule has 3 rings (SSSR count). The fourth-order valence-corrected chi connectivity index (χ4v) is 4.30. The summed E-state index contributed by atoms with van der Waals surface area (Å²) in [6.45, 7) is 3.72. The lowest BCUT2D eigenvalue weighted by atomic mass is 10.1. The van der Waals surface area contributed by atoms with E-state index in [-0.39, 0.29) is 39.9 Å². The summed E-state index contributed by atoms with van der Waals surface area (Å²) < 4.78 is 36.7. The Morgan fingerprint density at radius 1 is 1.31 bits per heavy atom. The summed E-state index contributed by atoms with van der Waals surface area (Å²) in [7, 11) is -0.929. The molecule has 1 atom stereocenters. The average molecular weight is 440 g/mol. The molecule has 0 unspecified atom stereocenters. The smallest absolute Gasteiger partial charge is 0.367 e. The molecule has 0 radical (unpaired) electrons. The van der Waals surface area contributed by atoms with Crippen molar-refractivity contribution in [2.24, 2.45) is 8.80 Å². The van der Waals surface area contributed by atoms with Gasteiger partial charge in [-0.05, 0) is 25.5 Å². The van der Waals surface area contributed by atoms with Gasteiger partial charge in [0, 0.05) is 19.5 Å². The monoisotopic (exact) mass is 439 g/mol. The number of hydrogen-bond donors (Lipinski definition) is 3. The molecule has 12 heteroatoms. The van der Waals surface area contributed by atoms with E-state index in [2.05, 4.69) is 19.4 Å². The highest BCUT2D eigenvalue weighted by Crippen LogP contribution is 2.35. The van der Waals surface area contributed by atoms with Gasteiger partial charge in [-0.3, -0.25) is 4.79 Å². The number of nitrogens with one attached hydrogen (secondary N) is 2. The van der Waals surface area contributed by atoms with Crippen LogP contribution >= 0.6 is 11.3 Å². The number of carbonyl (C=O) groups excluding carboxylic acids is 1. The summed E-state index contributed by atoms with van der Waals surface area (Å²) in [5, 5.41) is 17.6. The van der Waals surface area contributed by atoms with Crippen molar-refractivity contribution in [3.05, 3.63) is 33.9 Å². The number of anilines is 1. The van der Waals surface area contributed by atoms with Gasteiger partial charge in [-0.2, -0.15) is 8.42 Å². The number of thiophene rings is 1. The van der Waals surface area contributed by atoms with E-state index in [1.165, 1.54) is 10.3 Å². The average Bonchev–Trinajstić information content (AvgIpc) is 3.30. The third-order valence-electron chi connectivity index (χ3n) is 4.08. The molecule has 0 aliphatic carbocycles. The van der Waals surface area contributed by atoms with Crippen molar-refractivity contribution < 1.29 is 22.7 Å². The lowest BCUT2D eigenvalue weighted by Gasteiger charge is -2.16. The minimum absolute atomic E-state index is 0.00279. The number of nitrogens with zero attached hydrogens (tertiary/aromatic N) is 3. The van der Waals surface area contributed by atoms with Crippen LogP contribution < -0.4 is 10.6 Å². The highest BCUT2D eigenvalue weighted by molar-refractivity contribution is 7.89. The number of hydrogen-bond acceptors (Lipinski definition) is 8. The molecule has 1 aliphatic rings. The molecule has 1 amide bonds. The van der Waals surface area contributed by atoms with Gasteiger partial charge in [0.15, 0.2) is 17.4 Å². The van der Waals surface area contributed by atoms with Crippen LogP contribution in [0.4, 0.5) is 5.69 Å². The van der Waals surface area contributed by atoms with Gasteiger partial charge in [0.05, 0.1) is 11.7 Å². The number of amidine groups is 2. The zero-order valence-corrected chi connectivity index (χ0v) is 17.9. The standard InChI is InChI=1S/C17H21N5O5S2/c1-5-10(12-7-6-9(2)27-12)18-15-16(21-29(25,26)20-15)19-11-8-28-14(13(11)23)17(24)22(3)4/h6-8,10,23H,5H2,1-4H3,(H,18,20)(H,19,21)/t10-/m1/s1. The summed E-state index contributed by atoms with van der Waals surface area (Å²) in [5.41, 5.74) is 0.160. The molecule has 2 aromatic heterocycles. The maximum Gasteiger partial charge on any atom is 0.367 e. The highest BCUT2D eigenvalue weighted by Gasteiger charge is 2.29. The number of amides is 1. The van der Waals surface area contributed by atoms with Gasteiger partial charge in [0.2, 0.25) is 0 Å². The summed E-state index contributed by atoms with van der Waals surface area (Å²) in [6, 6.07) is 3.28. The second-order valence-corrected chi connectivity index (χ2v) is 8.67. The van der Waals surface area contributed by atoms with E-state index in [0.717, 1.165) is 17.1 Å². The maximum absolute atomic E-state index is 12.1. The zero-order valence-electron chi connectivity index (χ0n) is 16.3. The van der Waals surface area contributed by atoms with Crippen molar-refractivity contribution in [2.75, 3.05) is 19.4 Å². The number of furan rings is 1. The van der Waals surface area contributed by atoms with E-state index in [1.54, 1.807) is 20.2 Å². The Balaban J connectivity index is 1.85. The molecule has 0 spiro atoms. The van der Waals surface area contributed by atoms with Crippen molar-refractivity contribution in [1.29, 1.82) is 0 Å². The molecule has 1 aliphatic heterocycles. The maximum atomic E-state index is 12.1. The first kappa shape index (κ1) is 20.9. The molecule has 3 heterocycles. The molecule has 0 aromatic carbocycles. The van der Waals surface area contributed by atoms with Crippen LogP contribution in [0.25, 0.3) is 0 Å². The second-order valence-electron chi connectivity index (χ2n) is 6.53. The van der Waals surface area contributed by atoms with Gasteiger partial charge < -0.3 is 25.1 Å². The van der Waals surface area contributed by atoms with Gasteiger partial charge in [-0.1, -0.05) is 6.92 Å². The number of aryl methyl sites for hydroxylation is 1. The Morgan fingerprint density at radius 3 is 2.59 bits per heavy atom. The van der Waals surface area contributed by atoms with Crippen molar-refractivity contribution >= 4 is 44.8 Å². The summed E-state index contributed by atoms with van der Waals surface area (Å²) in [6.07, 6.45) is 0.602. The Morgan fingerprint density at radius 2 is 2.00 bits per heavy atom.